The van der Waals surface area contributed by atoms with E-state index >= 15 is 0 Å². The standard InChI is InChI=1S/C27H29FN2O4S/c1-19-7-3-4-8-20(19)27(32)29(14-15-33-2)17-26(31)30-13-11-25-21(12-16-35-25)23(30)18-34-24-10-6-5-9-22(24)28/h3-10,12,16,23H,11,13-15,17-18H2,1-2H3/t23-/m0/s1. The van der Waals surface area contributed by atoms with Gasteiger partial charge in [-0.05, 0) is 54.1 Å². The lowest BCUT2D eigenvalue weighted by Gasteiger charge is -2.37. The molecule has 35 heavy (non-hydrogen) atoms. The first-order valence-electron chi connectivity index (χ1n) is 11.6. The van der Waals surface area contributed by atoms with Crippen LogP contribution in [0.2, 0.25) is 0 Å². The molecule has 0 radical (unpaired) electrons. The highest BCUT2D eigenvalue weighted by Crippen LogP contribution is 2.34. The minimum atomic E-state index is -0.443. The number of aryl methyl sites for hydroxylation is 1. The van der Waals surface area contributed by atoms with Gasteiger partial charge in [0.2, 0.25) is 5.91 Å². The van der Waals surface area contributed by atoms with Crippen molar-refractivity contribution in [3.63, 3.8) is 0 Å². The summed E-state index contributed by atoms with van der Waals surface area (Å²) in [6, 6.07) is 15.2. The van der Waals surface area contributed by atoms with E-state index in [0.29, 0.717) is 25.3 Å². The maximum Gasteiger partial charge on any atom is 0.254 e. The summed E-state index contributed by atoms with van der Waals surface area (Å²) < 4.78 is 25.2. The van der Waals surface area contributed by atoms with Gasteiger partial charge in [0.1, 0.15) is 13.2 Å². The quantitative estimate of drug-likeness (QED) is 0.438. The van der Waals surface area contributed by atoms with Crippen molar-refractivity contribution in [2.24, 2.45) is 0 Å². The van der Waals surface area contributed by atoms with E-state index in [0.717, 1.165) is 17.5 Å². The number of carbonyl (C=O) groups is 2. The Labute approximate surface area is 208 Å². The Morgan fingerprint density at radius 3 is 2.69 bits per heavy atom. The zero-order valence-electron chi connectivity index (χ0n) is 19.9. The summed E-state index contributed by atoms with van der Waals surface area (Å²) in [7, 11) is 1.57. The molecule has 0 aliphatic carbocycles. The molecule has 3 aromatic rings. The zero-order chi connectivity index (χ0) is 24.8. The van der Waals surface area contributed by atoms with Crippen molar-refractivity contribution >= 4 is 23.2 Å². The van der Waals surface area contributed by atoms with Gasteiger partial charge in [0.05, 0.1) is 12.6 Å². The first-order chi connectivity index (χ1) is 17.0. The number of hydrogen-bond acceptors (Lipinski definition) is 5. The second kappa shape index (κ2) is 11.5. The molecule has 0 spiro atoms. The van der Waals surface area contributed by atoms with Crippen LogP contribution in [0.1, 0.15) is 32.4 Å². The van der Waals surface area contributed by atoms with Crippen LogP contribution in [0.5, 0.6) is 5.75 Å². The van der Waals surface area contributed by atoms with Gasteiger partial charge in [0.25, 0.3) is 5.91 Å². The number of methoxy groups -OCH3 is 1. The summed E-state index contributed by atoms with van der Waals surface area (Å²) in [5.74, 6) is -0.678. The normalized spacial score (nSPS) is 14.9. The van der Waals surface area contributed by atoms with Crippen LogP contribution < -0.4 is 4.74 Å². The van der Waals surface area contributed by atoms with Crippen molar-refractivity contribution in [1.82, 2.24) is 9.80 Å². The van der Waals surface area contributed by atoms with Crippen molar-refractivity contribution in [2.45, 2.75) is 19.4 Å². The first kappa shape index (κ1) is 24.9. The highest BCUT2D eigenvalue weighted by atomic mass is 32.1. The van der Waals surface area contributed by atoms with Crippen LogP contribution >= 0.6 is 11.3 Å². The van der Waals surface area contributed by atoms with E-state index in [2.05, 4.69) is 0 Å². The molecule has 0 bridgehead atoms. The summed E-state index contributed by atoms with van der Waals surface area (Å²) in [6.45, 7) is 3.05. The van der Waals surface area contributed by atoms with Gasteiger partial charge in [-0.1, -0.05) is 30.3 Å². The van der Waals surface area contributed by atoms with Crippen molar-refractivity contribution in [2.75, 3.05) is 40.0 Å². The maximum absolute atomic E-state index is 14.1. The first-order valence-corrected chi connectivity index (χ1v) is 12.4. The third-order valence-electron chi connectivity index (χ3n) is 6.20. The Morgan fingerprint density at radius 1 is 1.14 bits per heavy atom. The average Bonchev–Trinajstić information content (AvgIpc) is 3.35. The Balaban J connectivity index is 1.54. The molecular weight excluding hydrogens is 467 g/mol. The van der Waals surface area contributed by atoms with Crippen molar-refractivity contribution < 1.29 is 23.5 Å². The second-order valence-corrected chi connectivity index (χ2v) is 9.43. The number of thiophene rings is 1. The predicted molar refractivity (Wildman–Crippen MR) is 133 cm³/mol. The van der Waals surface area contributed by atoms with Gasteiger partial charge in [0, 0.05) is 30.6 Å². The number of hydrogen-bond donors (Lipinski definition) is 0. The number of ether oxygens (including phenoxy) is 2. The number of rotatable bonds is 9. The number of fused-ring (bicyclic) bond motifs is 1. The lowest BCUT2D eigenvalue weighted by molar-refractivity contribution is -0.135. The summed E-state index contributed by atoms with van der Waals surface area (Å²) >= 11 is 1.65. The van der Waals surface area contributed by atoms with Crippen LogP contribution in [0.4, 0.5) is 4.39 Å². The van der Waals surface area contributed by atoms with Gasteiger partial charge in [-0.2, -0.15) is 0 Å². The molecule has 0 saturated heterocycles. The van der Waals surface area contributed by atoms with E-state index in [1.165, 1.54) is 15.8 Å². The monoisotopic (exact) mass is 496 g/mol. The van der Waals surface area contributed by atoms with Gasteiger partial charge < -0.3 is 19.3 Å². The van der Waals surface area contributed by atoms with Gasteiger partial charge in [-0.3, -0.25) is 9.59 Å². The second-order valence-electron chi connectivity index (χ2n) is 8.43. The topological polar surface area (TPSA) is 59.1 Å². The van der Waals surface area contributed by atoms with Crippen LogP contribution in [0.15, 0.2) is 60.0 Å². The van der Waals surface area contributed by atoms with E-state index < -0.39 is 5.82 Å². The average molecular weight is 497 g/mol. The highest BCUT2D eigenvalue weighted by molar-refractivity contribution is 7.10. The van der Waals surface area contributed by atoms with Crippen molar-refractivity contribution in [1.29, 1.82) is 0 Å². The molecule has 1 aromatic heterocycles. The summed E-state index contributed by atoms with van der Waals surface area (Å²) in [5, 5.41) is 2.00. The van der Waals surface area contributed by atoms with E-state index in [9.17, 15) is 14.0 Å². The number of benzene rings is 2. The largest absolute Gasteiger partial charge is 0.488 e. The Hall–Kier alpha value is -3.23. The smallest absolute Gasteiger partial charge is 0.254 e. The van der Waals surface area contributed by atoms with Crippen LogP contribution in [0, 0.1) is 12.7 Å². The lowest BCUT2D eigenvalue weighted by Crippen LogP contribution is -2.48. The van der Waals surface area contributed by atoms with Crippen LogP contribution in [-0.4, -0.2) is 61.6 Å². The van der Waals surface area contributed by atoms with Crippen LogP contribution in [0.3, 0.4) is 0 Å². The Kier molecular flexibility index (Phi) is 8.15. The zero-order valence-corrected chi connectivity index (χ0v) is 20.7. The van der Waals surface area contributed by atoms with Crippen molar-refractivity contribution in [3.05, 3.63) is 87.4 Å². The number of halogens is 1. The number of nitrogens with zero attached hydrogens (tertiary/aromatic N) is 2. The number of para-hydroxylation sites is 1. The fourth-order valence-corrected chi connectivity index (χ4v) is 5.22. The van der Waals surface area contributed by atoms with Gasteiger partial charge >= 0.3 is 0 Å². The molecule has 0 unspecified atom stereocenters. The summed E-state index contributed by atoms with van der Waals surface area (Å²) in [5.41, 5.74) is 2.43. The minimum absolute atomic E-state index is 0.0772. The van der Waals surface area contributed by atoms with E-state index in [4.69, 9.17) is 9.47 Å². The number of amides is 2. The molecule has 2 amide bonds. The molecular formula is C27H29FN2O4S. The van der Waals surface area contributed by atoms with Gasteiger partial charge in [0.15, 0.2) is 11.6 Å². The van der Waals surface area contributed by atoms with E-state index in [-0.39, 0.29) is 36.8 Å². The Bertz CT molecular complexity index is 1180. The third-order valence-corrected chi connectivity index (χ3v) is 7.20. The Morgan fingerprint density at radius 2 is 1.91 bits per heavy atom. The molecule has 8 heteroatoms. The molecule has 1 aliphatic heterocycles. The SMILES string of the molecule is COCCN(CC(=O)N1CCc2sccc2[C@@H]1COc1ccccc1F)C(=O)c1ccccc1C. The van der Waals surface area contributed by atoms with Crippen molar-refractivity contribution in [3.8, 4) is 5.75 Å². The third kappa shape index (κ3) is 5.71. The predicted octanol–water partition coefficient (Wildman–Crippen LogP) is 4.49. The number of carbonyl (C=O) groups excluding carboxylic acids is 2. The lowest BCUT2D eigenvalue weighted by atomic mass is 10.00. The maximum atomic E-state index is 14.1. The highest BCUT2D eigenvalue weighted by Gasteiger charge is 2.34. The molecule has 0 fully saturated rings. The van der Waals surface area contributed by atoms with Crippen LogP contribution in [0.25, 0.3) is 0 Å². The molecule has 0 N–H and O–H groups in total. The van der Waals surface area contributed by atoms with Gasteiger partial charge in [-0.15, -0.1) is 11.3 Å². The summed E-state index contributed by atoms with van der Waals surface area (Å²) in [6.07, 6.45) is 0.735. The minimum Gasteiger partial charge on any atom is -0.488 e. The molecule has 0 saturated carbocycles. The molecule has 6 nitrogen and oxygen atoms in total. The fraction of sp³-hybridized carbons (Fsp3) is 0.333. The van der Waals surface area contributed by atoms with Crippen LogP contribution in [-0.2, 0) is 16.0 Å². The van der Waals surface area contributed by atoms with E-state index in [1.54, 1.807) is 47.6 Å². The summed E-state index contributed by atoms with van der Waals surface area (Å²) in [4.78, 5) is 31.4. The molecule has 184 valence electrons. The molecule has 2 aromatic carbocycles. The molecule has 1 aliphatic rings. The molecule has 4 rings (SSSR count). The van der Waals surface area contributed by atoms with Gasteiger partial charge in [-0.25, -0.2) is 4.39 Å². The van der Waals surface area contributed by atoms with E-state index in [1.807, 2.05) is 36.6 Å². The molecule has 1 atom stereocenters. The fourth-order valence-electron chi connectivity index (χ4n) is 4.30. The molecule has 2 heterocycles.